The summed E-state index contributed by atoms with van der Waals surface area (Å²) in [6, 6.07) is 11.5. The van der Waals surface area contributed by atoms with Crippen molar-refractivity contribution in [3.63, 3.8) is 0 Å². The van der Waals surface area contributed by atoms with E-state index >= 15 is 0 Å². The molecular weight excluding hydrogens is 432 g/mol. The quantitative estimate of drug-likeness (QED) is 0.437. The van der Waals surface area contributed by atoms with E-state index in [-0.39, 0.29) is 23.7 Å². The molecule has 166 valence electrons. The van der Waals surface area contributed by atoms with E-state index in [1.54, 1.807) is 24.3 Å². The van der Waals surface area contributed by atoms with Gasteiger partial charge in [-0.05, 0) is 62.2 Å². The van der Waals surface area contributed by atoms with Gasteiger partial charge in [0.2, 0.25) is 0 Å². The van der Waals surface area contributed by atoms with Crippen molar-refractivity contribution in [2.75, 3.05) is 0 Å². The van der Waals surface area contributed by atoms with Crippen molar-refractivity contribution in [2.24, 2.45) is 0 Å². The molecule has 0 aliphatic carbocycles. The van der Waals surface area contributed by atoms with Gasteiger partial charge in [-0.2, -0.15) is 13.2 Å². The first-order valence-electron chi connectivity index (χ1n) is 9.34. The number of benzene rings is 2. The van der Waals surface area contributed by atoms with Crippen LogP contribution in [0.2, 0.25) is 0 Å². The van der Waals surface area contributed by atoms with Gasteiger partial charge in [-0.1, -0.05) is 18.2 Å². The molecule has 0 aliphatic rings. The Morgan fingerprint density at radius 2 is 1.65 bits per heavy atom. The number of rotatable bonds is 4. The number of aromatic hydroxyl groups is 1. The average molecular weight is 455 g/mol. The monoisotopic (exact) mass is 454 g/mol. The van der Waals surface area contributed by atoms with E-state index in [1.165, 1.54) is 18.2 Å². The van der Waals surface area contributed by atoms with Gasteiger partial charge in [-0.25, -0.2) is 4.39 Å². The van der Waals surface area contributed by atoms with Gasteiger partial charge in [-0.15, -0.1) is 12.4 Å². The number of phenols is 1. The summed E-state index contributed by atoms with van der Waals surface area (Å²) in [5.41, 5.74) is 1.18. The van der Waals surface area contributed by atoms with Crippen LogP contribution in [0.25, 0.3) is 22.3 Å². The lowest BCUT2D eigenvalue weighted by Crippen LogP contribution is -2.35. The maximum atomic E-state index is 13.7. The largest absolute Gasteiger partial charge is 0.507 e. The van der Waals surface area contributed by atoms with Crippen molar-refractivity contribution < 1.29 is 22.7 Å². The summed E-state index contributed by atoms with van der Waals surface area (Å²) in [6.07, 6.45) is -3.47. The van der Waals surface area contributed by atoms with E-state index in [0.717, 1.165) is 12.3 Å². The van der Waals surface area contributed by atoms with E-state index in [9.17, 15) is 22.7 Å². The van der Waals surface area contributed by atoms with Crippen LogP contribution in [0.5, 0.6) is 5.75 Å². The summed E-state index contributed by atoms with van der Waals surface area (Å²) in [4.78, 5) is 3.49. The smallest absolute Gasteiger partial charge is 0.433 e. The molecule has 0 aliphatic heterocycles. The molecule has 0 saturated heterocycles. The summed E-state index contributed by atoms with van der Waals surface area (Å²) in [5, 5.41) is 14.1. The van der Waals surface area contributed by atoms with Crippen LogP contribution in [0.15, 0.2) is 54.7 Å². The zero-order valence-corrected chi connectivity index (χ0v) is 18.0. The Balaban J connectivity index is 0.00000341. The zero-order chi connectivity index (χ0) is 22.1. The summed E-state index contributed by atoms with van der Waals surface area (Å²) >= 11 is 0. The Morgan fingerprint density at radius 1 is 0.935 bits per heavy atom. The maximum Gasteiger partial charge on any atom is 0.433 e. The van der Waals surface area contributed by atoms with Gasteiger partial charge in [-0.3, -0.25) is 4.98 Å². The number of hydrogen-bond acceptors (Lipinski definition) is 3. The van der Waals surface area contributed by atoms with Gasteiger partial charge >= 0.3 is 6.18 Å². The van der Waals surface area contributed by atoms with Crippen molar-refractivity contribution in [3.05, 3.63) is 71.8 Å². The number of aromatic nitrogens is 1. The highest BCUT2D eigenvalue weighted by molar-refractivity contribution is 5.85. The van der Waals surface area contributed by atoms with Gasteiger partial charge in [0.1, 0.15) is 17.3 Å². The third-order valence-corrected chi connectivity index (χ3v) is 4.52. The number of halogens is 5. The highest BCUT2D eigenvalue weighted by Gasteiger charge is 2.32. The van der Waals surface area contributed by atoms with Crippen LogP contribution in [0.1, 0.15) is 32.0 Å². The molecule has 0 amide bonds. The summed E-state index contributed by atoms with van der Waals surface area (Å²) in [5.74, 6) is -0.471. The van der Waals surface area contributed by atoms with Crippen molar-refractivity contribution in [2.45, 2.75) is 39.0 Å². The molecule has 2 aromatic carbocycles. The molecule has 0 unspecified atom stereocenters. The number of nitrogens with zero attached hydrogens (tertiary/aromatic N) is 1. The van der Waals surface area contributed by atoms with Gasteiger partial charge in [0.05, 0.1) is 0 Å². The second kappa shape index (κ2) is 9.24. The van der Waals surface area contributed by atoms with Crippen LogP contribution in [-0.4, -0.2) is 15.6 Å². The highest BCUT2D eigenvalue weighted by Crippen LogP contribution is 2.38. The Bertz CT molecular complexity index is 1040. The second-order valence-electron chi connectivity index (χ2n) is 8.08. The van der Waals surface area contributed by atoms with Crippen molar-refractivity contribution in [3.8, 4) is 28.0 Å². The normalized spacial score (nSPS) is 11.8. The summed E-state index contributed by atoms with van der Waals surface area (Å²) in [6.45, 7) is 6.24. The minimum atomic E-state index is -4.55. The number of phenolic OH excluding ortho intramolecular Hbond substituents is 1. The van der Waals surface area contributed by atoms with Crippen LogP contribution in [-0.2, 0) is 12.7 Å². The fourth-order valence-corrected chi connectivity index (χ4v) is 2.97. The van der Waals surface area contributed by atoms with E-state index in [1.807, 2.05) is 20.8 Å². The topological polar surface area (TPSA) is 45.2 Å². The lowest BCUT2D eigenvalue weighted by molar-refractivity contribution is -0.141. The van der Waals surface area contributed by atoms with E-state index in [2.05, 4.69) is 10.3 Å². The highest BCUT2D eigenvalue weighted by atomic mass is 35.5. The Hall–Kier alpha value is -2.64. The van der Waals surface area contributed by atoms with Crippen LogP contribution < -0.4 is 5.32 Å². The standard InChI is InChI=1S/C23H22F4N2O.ClH/c1-22(2,3)29-13-17-9-16(14-5-4-6-18(24)10-14)11-19(21(17)30)15-7-8-20(28-12-15)23(25,26)27;/h4-12,29-30H,13H2,1-3H3;1H. The molecule has 2 N–H and O–H groups in total. The predicted octanol–water partition coefficient (Wildman–Crippen LogP) is 6.59. The summed E-state index contributed by atoms with van der Waals surface area (Å²) in [7, 11) is 0. The lowest BCUT2D eigenvalue weighted by atomic mass is 9.95. The molecule has 1 heterocycles. The van der Waals surface area contributed by atoms with Crippen molar-refractivity contribution in [1.29, 1.82) is 0 Å². The molecule has 3 aromatic rings. The average Bonchev–Trinajstić information content (AvgIpc) is 2.66. The maximum absolute atomic E-state index is 13.7. The first kappa shape index (κ1) is 24.6. The zero-order valence-electron chi connectivity index (χ0n) is 17.2. The van der Waals surface area contributed by atoms with Crippen molar-refractivity contribution in [1.82, 2.24) is 10.3 Å². The lowest BCUT2D eigenvalue weighted by Gasteiger charge is -2.22. The first-order valence-corrected chi connectivity index (χ1v) is 9.34. The molecule has 3 nitrogen and oxygen atoms in total. The minimum absolute atomic E-state index is 0. The molecule has 0 spiro atoms. The molecule has 0 fully saturated rings. The number of hydrogen-bond donors (Lipinski definition) is 2. The predicted molar refractivity (Wildman–Crippen MR) is 116 cm³/mol. The van der Waals surface area contributed by atoms with Crippen LogP contribution in [0.3, 0.4) is 0 Å². The molecule has 0 bridgehead atoms. The number of alkyl halides is 3. The van der Waals surface area contributed by atoms with Gasteiger partial charge in [0.15, 0.2) is 0 Å². The molecule has 0 saturated carbocycles. The van der Waals surface area contributed by atoms with Gasteiger partial charge in [0, 0.05) is 35.0 Å². The first-order chi connectivity index (χ1) is 13.9. The van der Waals surface area contributed by atoms with Crippen LogP contribution in [0.4, 0.5) is 17.6 Å². The Morgan fingerprint density at radius 3 is 2.19 bits per heavy atom. The fraction of sp³-hybridized carbons (Fsp3) is 0.261. The van der Waals surface area contributed by atoms with E-state index in [0.29, 0.717) is 34.4 Å². The molecule has 8 heteroatoms. The second-order valence-corrected chi connectivity index (χ2v) is 8.08. The Kier molecular flexibility index (Phi) is 7.34. The molecular formula is C23H23ClF4N2O. The molecule has 3 rings (SSSR count). The van der Waals surface area contributed by atoms with Crippen LogP contribution in [0, 0.1) is 5.82 Å². The summed E-state index contributed by atoms with van der Waals surface area (Å²) < 4.78 is 52.3. The third kappa shape index (κ3) is 6.18. The molecule has 0 atom stereocenters. The SMILES string of the molecule is CC(C)(C)NCc1cc(-c2cccc(F)c2)cc(-c2ccc(C(F)(F)F)nc2)c1O.Cl. The molecule has 31 heavy (non-hydrogen) atoms. The number of pyridine rings is 1. The van der Waals surface area contributed by atoms with Crippen molar-refractivity contribution >= 4 is 12.4 Å². The van der Waals surface area contributed by atoms with Crippen LogP contribution >= 0.6 is 12.4 Å². The van der Waals surface area contributed by atoms with Gasteiger partial charge in [0.25, 0.3) is 0 Å². The fourth-order valence-electron chi connectivity index (χ4n) is 2.97. The molecule has 0 radical (unpaired) electrons. The molecule has 1 aromatic heterocycles. The van der Waals surface area contributed by atoms with Gasteiger partial charge < -0.3 is 10.4 Å². The number of nitrogens with one attached hydrogen (secondary N) is 1. The third-order valence-electron chi connectivity index (χ3n) is 4.52. The minimum Gasteiger partial charge on any atom is -0.507 e. The van der Waals surface area contributed by atoms with E-state index in [4.69, 9.17) is 0 Å². The van der Waals surface area contributed by atoms with E-state index < -0.39 is 17.7 Å². The Labute approximate surface area is 184 Å².